The summed E-state index contributed by atoms with van der Waals surface area (Å²) in [6.45, 7) is 4.79. The van der Waals surface area contributed by atoms with Gasteiger partial charge < -0.3 is 5.32 Å². The predicted molar refractivity (Wildman–Crippen MR) is 93.5 cm³/mol. The molecule has 0 saturated heterocycles. The van der Waals surface area contributed by atoms with E-state index in [9.17, 15) is 4.39 Å². The van der Waals surface area contributed by atoms with Gasteiger partial charge in [-0.2, -0.15) is 0 Å². The van der Waals surface area contributed by atoms with Gasteiger partial charge in [0.05, 0.1) is 6.04 Å². The van der Waals surface area contributed by atoms with Crippen molar-refractivity contribution in [2.75, 3.05) is 6.54 Å². The Bertz CT molecular complexity index is 564. The third kappa shape index (κ3) is 3.59. The van der Waals surface area contributed by atoms with Crippen LogP contribution in [0.4, 0.5) is 4.39 Å². The maximum Gasteiger partial charge on any atom is 0.128 e. The van der Waals surface area contributed by atoms with Crippen LogP contribution in [0.5, 0.6) is 0 Å². The van der Waals surface area contributed by atoms with Crippen molar-refractivity contribution in [1.82, 2.24) is 5.32 Å². The van der Waals surface area contributed by atoms with E-state index >= 15 is 0 Å². The summed E-state index contributed by atoms with van der Waals surface area (Å²) in [7, 11) is 0. The molecule has 0 radical (unpaired) electrons. The lowest BCUT2D eigenvalue weighted by atomic mass is 9.96. The minimum absolute atomic E-state index is 0.149. The van der Waals surface area contributed by atoms with E-state index in [0.29, 0.717) is 5.56 Å². The van der Waals surface area contributed by atoms with Crippen LogP contribution in [0, 0.1) is 16.3 Å². The van der Waals surface area contributed by atoms with Gasteiger partial charge in [-0.25, -0.2) is 4.39 Å². The summed E-state index contributed by atoms with van der Waals surface area (Å²) in [5.41, 5.74) is 2.81. The Hall–Kier alpha value is -0.460. The molecule has 0 saturated carbocycles. The molecule has 1 unspecified atom stereocenters. The van der Waals surface area contributed by atoms with Crippen LogP contribution in [0.15, 0.2) is 40.9 Å². The Morgan fingerprint density at radius 2 is 1.95 bits per heavy atom. The van der Waals surface area contributed by atoms with Crippen LogP contribution in [0.2, 0.25) is 0 Å². The first-order valence-corrected chi connectivity index (χ1v) is 8.34. The van der Waals surface area contributed by atoms with Gasteiger partial charge in [-0.1, -0.05) is 40.5 Å². The van der Waals surface area contributed by atoms with E-state index in [-0.39, 0.29) is 11.9 Å². The fourth-order valence-corrected chi connectivity index (χ4v) is 3.20. The van der Waals surface area contributed by atoms with E-state index in [0.717, 1.165) is 25.7 Å². The fraction of sp³-hybridized carbons (Fsp3) is 0.250. The third-order valence-electron chi connectivity index (χ3n) is 3.14. The second-order valence-corrected chi connectivity index (χ2v) is 6.78. The lowest BCUT2D eigenvalue weighted by molar-refractivity contribution is 0.557. The second-order valence-electron chi connectivity index (χ2n) is 4.68. The van der Waals surface area contributed by atoms with Crippen molar-refractivity contribution in [3.8, 4) is 0 Å². The van der Waals surface area contributed by atoms with Crippen LogP contribution in [0.25, 0.3) is 0 Å². The van der Waals surface area contributed by atoms with Gasteiger partial charge in [-0.3, -0.25) is 0 Å². The Labute approximate surface area is 141 Å². The van der Waals surface area contributed by atoms with E-state index in [4.69, 9.17) is 0 Å². The summed E-state index contributed by atoms with van der Waals surface area (Å²) >= 11 is 5.85. The monoisotopic (exact) mass is 447 g/mol. The van der Waals surface area contributed by atoms with Crippen molar-refractivity contribution in [2.45, 2.75) is 19.9 Å². The maximum absolute atomic E-state index is 14.2. The molecule has 1 nitrogen and oxygen atoms in total. The summed E-state index contributed by atoms with van der Waals surface area (Å²) in [6.07, 6.45) is 0. The number of hydrogen-bond acceptors (Lipinski definition) is 1. The van der Waals surface area contributed by atoms with Gasteiger partial charge in [0.25, 0.3) is 0 Å². The van der Waals surface area contributed by atoms with Crippen LogP contribution < -0.4 is 5.32 Å². The van der Waals surface area contributed by atoms with Gasteiger partial charge in [0.1, 0.15) is 5.82 Å². The van der Waals surface area contributed by atoms with Gasteiger partial charge in [-0.15, -0.1) is 0 Å². The molecule has 2 rings (SSSR count). The molecule has 0 aliphatic carbocycles. The molecule has 0 spiro atoms. The molecular formula is C16H16BrFIN. The molecule has 4 heteroatoms. The highest BCUT2D eigenvalue weighted by molar-refractivity contribution is 14.1. The van der Waals surface area contributed by atoms with Gasteiger partial charge in [0.15, 0.2) is 0 Å². The predicted octanol–water partition coefficient (Wildman–Crippen LogP) is 5.20. The lowest BCUT2D eigenvalue weighted by Crippen LogP contribution is -2.23. The third-order valence-corrected chi connectivity index (χ3v) is 4.53. The van der Waals surface area contributed by atoms with Crippen molar-refractivity contribution >= 4 is 38.5 Å². The lowest BCUT2D eigenvalue weighted by Gasteiger charge is -2.21. The van der Waals surface area contributed by atoms with Crippen LogP contribution in [-0.2, 0) is 0 Å². The molecule has 0 aliphatic heterocycles. The standard InChI is InChI=1S/C16H16BrFIN/c1-3-20-16(12-9-11(19)5-6-14(12)17)13-8-10(2)4-7-15(13)18/h4-9,16,20H,3H2,1-2H3. The average Bonchev–Trinajstić information content (AvgIpc) is 2.42. The smallest absolute Gasteiger partial charge is 0.128 e. The molecule has 0 fully saturated rings. The molecule has 2 aromatic rings. The molecule has 0 aliphatic rings. The molecule has 0 heterocycles. The van der Waals surface area contributed by atoms with Crippen molar-refractivity contribution in [3.63, 3.8) is 0 Å². The number of aryl methyl sites for hydroxylation is 1. The van der Waals surface area contributed by atoms with Crippen molar-refractivity contribution < 1.29 is 4.39 Å². The number of hydrogen-bond donors (Lipinski definition) is 1. The quantitative estimate of drug-likeness (QED) is 0.635. The molecule has 20 heavy (non-hydrogen) atoms. The zero-order chi connectivity index (χ0) is 14.7. The van der Waals surface area contributed by atoms with Gasteiger partial charge in [-0.05, 0) is 65.9 Å². The van der Waals surface area contributed by atoms with Gasteiger partial charge >= 0.3 is 0 Å². The normalized spacial score (nSPS) is 12.4. The molecule has 1 atom stereocenters. The molecule has 0 aromatic heterocycles. The summed E-state index contributed by atoms with van der Waals surface area (Å²) < 4.78 is 16.3. The van der Waals surface area contributed by atoms with E-state index < -0.39 is 0 Å². The highest BCUT2D eigenvalue weighted by Gasteiger charge is 2.19. The van der Waals surface area contributed by atoms with E-state index in [1.807, 2.05) is 32.0 Å². The summed E-state index contributed by atoms with van der Waals surface area (Å²) in [5.74, 6) is -0.174. The Morgan fingerprint density at radius 1 is 1.20 bits per heavy atom. The summed E-state index contributed by atoms with van der Waals surface area (Å²) in [4.78, 5) is 0. The Morgan fingerprint density at radius 3 is 2.65 bits per heavy atom. The molecular weight excluding hydrogens is 432 g/mol. The van der Waals surface area contributed by atoms with Crippen molar-refractivity contribution in [3.05, 3.63) is 66.9 Å². The van der Waals surface area contributed by atoms with Gasteiger partial charge in [0, 0.05) is 13.6 Å². The van der Waals surface area contributed by atoms with E-state index in [1.165, 1.54) is 6.07 Å². The molecule has 1 N–H and O–H groups in total. The van der Waals surface area contributed by atoms with E-state index in [2.05, 4.69) is 49.9 Å². The summed E-state index contributed by atoms with van der Waals surface area (Å²) in [6, 6.07) is 11.2. The van der Waals surface area contributed by atoms with E-state index in [1.54, 1.807) is 6.07 Å². The van der Waals surface area contributed by atoms with Gasteiger partial charge in [0.2, 0.25) is 0 Å². The SMILES string of the molecule is CCNC(c1cc(C)ccc1F)c1cc(I)ccc1Br. The van der Waals surface area contributed by atoms with Crippen molar-refractivity contribution in [1.29, 1.82) is 0 Å². The molecule has 0 bridgehead atoms. The highest BCUT2D eigenvalue weighted by atomic mass is 127. The topological polar surface area (TPSA) is 12.0 Å². The number of rotatable bonds is 4. The Kier molecular flexibility index (Phi) is 5.57. The second kappa shape index (κ2) is 7.00. The van der Waals surface area contributed by atoms with Crippen LogP contribution in [0.3, 0.4) is 0 Å². The molecule has 2 aromatic carbocycles. The molecule has 0 amide bonds. The molecule has 106 valence electrons. The maximum atomic E-state index is 14.2. The fourth-order valence-electron chi connectivity index (χ4n) is 2.21. The summed E-state index contributed by atoms with van der Waals surface area (Å²) in [5, 5.41) is 3.38. The van der Waals surface area contributed by atoms with Crippen LogP contribution in [0.1, 0.15) is 29.7 Å². The highest BCUT2D eigenvalue weighted by Crippen LogP contribution is 2.31. The minimum Gasteiger partial charge on any atom is -0.306 e. The van der Waals surface area contributed by atoms with Crippen LogP contribution in [-0.4, -0.2) is 6.54 Å². The zero-order valence-electron chi connectivity index (χ0n) is 11.4. The first-order valence-electron chi connectivity index (χ1n) is 6.47. The average molecular weight is 448 g/mol. The van der Waals surface area contributed by atoms with Crippen LogP contribution >= 0.6 is 38.5 Å². The largest absolute Gasteiger partial charge is 0.306 e. The number of nitrogens with one attached hydrogen (secondary N) is 1. The minimum atomic E-state index is -0.174. The number of halogens is 3. The zero-order valence-corrected chi connectivity index (χ0v) is 15.1. The first-order chi connectivity index (χ1) is 9.52. The van der Waals surface area contributed by atoms with Crippen molar-refractivity contribution in [2.24, 2.45) is 0 Å². The first kappa shape index (κ1) is 15.9. The number of benzene rings is 2. The Balaban J connectivity index is 2.55.